The number of hydrogen-bond acceptors (Lipinski definition) is 3. The van der Waals surface area contributed by atoms with Crippen molar-refractivity contribution in [2.75, 3.05) is 25.4 Å². The molecule has 3 N–H and O–H groups in total. The van der Waals surface area contributed by atoms with Crippen LogP contribution in [0.1, 0.15) is 12.0 Å². The molecule has 0 atom stereocenters. The van der Waals surface area contributed by atoms with E-state index in [4.69, 9.17) is 17.3 Å². The van der Waals surface area contributed by atoms with Gasteiger partial charge in [0.2, 0.25) is 5.91 Å². The summed E-state index contributed by atoms with van der Waals surface area (Å²) < 4.78 is 0. The lowest BCUT2D eigenvalue weighted by atomic mass is 10.1. The zero-order chi connectivity index (χ0) is 12.3. The van der Waals surface area contributed by atoms with Crippen LogP contribution in [0.15, 0.2) is 18.2 Å². The molecule has 2 rings (SSSR count). The van der Waals surface area contributed by atoms with Crippen LogP contribution in [0.25, 0.3) is 0 Å². The summed E-state index contributed by atoms with van der Waals surface area (Å²) in [5.41, 5.74) is 7.57. The Hall–Kier alpha value is -1.26. The van der Waals surface area contributed by atoms with E-state index in [1.165, 1.54) is 0 Å². The van der Waals surface area contributed by atoms with Gasteiger partial charge in [0.15, 0.2) is 0 Å². The first-order valence-corrected chi connectivity index (χ1v) is 6.06. The van der Waals surface area contributed by atoms with Crippen molar-refractivity contribution in [2.45, 2.75) is 13.0 Å². The Kier molecular flexibility index (Phi) is 3.86. The third kappa shape index (κ3) is 3.11. The van der Waals surface area contributed by atoms with E-state index in [9.17, 15) is 4.79 Å². The van der Waals surface area contributed by atoms with Crippen LogP contribution in [0.4, 0.5) is 5.69 Å². The zero-order valence-corrected chi connectivity index (χ0v) is 10.3. The maximum atomic E-state index is 11.2. The fourth-order valence-electron chi connectivity index (χ4n) is 1.94. The van der Waals surface area contributed by atoms with Gasteiger partial charge in [-0.05, 0) is 12.1 Å². The molecule has 1 aromatic carbocycles. The van der Waals surface area contributed by atoms with Crippen molar-refractivity contribution in [1.82, 2.24) is 10.2 Å². The lowest BCUT2D eigenvalue weighted by Crippen LogP contribution is -2.28. The Morgan fingerprint density at radius 1 is 1.41 bits per heavy atom. The lowest BCUT2D eigenvalue weighted by Gasteiger charge is -2.20. The second-order valence-electron chi connectivity index (χ2n) is 4.18. The van der Waals surface area contributed by atoms with E-state index in [1.54, 1.807) is 0 Å². The van der Waals surface area contributed by atoms with Gasteiger partial charge in [0.1, 0.15) is 0 Å². The molecule has 4 nitrogen and oxygen atoms in total. The molecular formula is C12H16ClN3O. The summed E-state index contributed by atoms with van der Waals surface area (Å²) in [5.74, 6) is 0.111. The molecule has 5 heteroatoms. The minimum absolute atomic E-state index is 0.111. The predicted molar refractivity (Wildman–Crippen MR) is 68.8 cm³/mol. The predicted octanol–water partition coefficient (Wildman–Crippen LogP) is 1.24. The van der Waals surface area contributed by atoms with E-state index < -0.39 is 0 Å². The largest absolute Gasteiger partial charge is 0.398 e. The van der Waals surface area contributed by atoms with Crippen LogP contribution >= 0.6 is 11.6 Å². The van der Waals surface area contributed by atoms with Gasteiger partial charge in [-0.15, -0.1) is 0 Å². The summed E-state index contributed by atoms with van der Waals surface area (Å²) >= 11 is 6.13. The summed E-state index contributed by atoms with van der Waals surface area (Å²) in [7, 11) is 0. The van der Waals surface area contributed by atoms with Crippen LogP contribution in [0, 0.1) is 0 Å². The van der Waals surface area contributed by atoms with Gasteiger partial charge in [0.05, 0.1) is 0 Å². The highest BCUT2D eigenvalue weighted by atomic mass is 35.5. The smallest absolute Gasteiger partial charge is 0.221 e. The van der Waals surface area contributed by atoms with Crippen molar-refractivity contribution in [2.24, 2.45) is 0 Å². The number of anilines is 1. The quantitative estimate of drug-likeness (QED) is 0.780. The van der Waals surface area contributed by atoms with E-state index in [0.717, 1.165) is 18.7 Å². The first kappa shape index (κ1) is 12.2. The van der Waals surface area contributed by atoms with Gasteiger partial charge in [0.25, 0.3) is 0 Å². The molecule has 0 aliphatic carbocycles. The van der Waals surface area contributed by atoms with Gasteiger partial charge in [-0.1, -0.05) is 17.7 Å². The Bertz CT molecular complexity index is 402. The topological polar surface area (TPSA) is 58.4 Å². The summed E-state index contributed by atoms with van der Waals surface area (Å²) in [5, 5.41) is 3.53. The number of nitrogens with two attached hydrogens (primary N) is 1. The maximum absolute atomic E-state index is 11.2. The molecule has 17 heavy (non-hydrogen) atoms. The molecule has 0 radical (unpaired) electrons. The second kappa shape index (κ2) is 5.38. The monoisotopic (exact) mass is 253 g/mol. The van der Waals surface area contributed by atoms with E-state index in [-0.39, 0.29) is 5.91 Å². The molecule has 1 aliphatic heterocycles. The standard InChI is InChI=1S/C12H16ClN3O/c13-10-2-1-3-11(14)9(10)8-16-6-4-12(17)15-5-7-16/h1-3H,4-8,14H2,(H,15,17). The molecule has 0 spiro atoms. The van der Waals surface area contributed by atoms with Gasteiger partial charge in [-0.25, -0.2) is 0 Å². The zero-order valence-electron chi connectivity index (χ0n) is 9.58. The van der Waals surface area contributed by atoms with Crippen molar-refractivity contribution in [3.8, 4) is 0 Å². The summed E-state index contributed by atoms with van der Waals surface area (Å²) in [4.78, 5) is 13.4. The summed E-state index contributed by atoms with van der Waals surface area (Å²) in [6, 6.07) is 5.53. The first-order chi connectivity index (χ1) is 8.16. The van der Waals surface area contributed by atoms with E-state index >= 15 is 0 Å². The van der Waals surface area contributed by atoms with Crippen LogP contribution < -0.4 is 11.1 Å². The number of benzene rings is 1. The van der Waals surface area contributed by atoms with Gasteiger partial charge in [0, 0.05) is 48.9 Å². The number of rotatable bonds is 2. The number of carbonyl (C=O) groups is 1. The van der Waals surface area contributed by atoms with Crippen molar-refractivity contribution < 1.29 is 4.79 Å². The van der Waals surface area contributed by atoms with Gasteiger partial charge < -0.3 is 11.1 Å². The molecule has 1 heterocycles. The highest BCUT2D eigenvalue weighted by molar-refractivity contribution is 6.31. The highest BCUT2D eigenvalue weighted by Gasteiger charge is 2.15. The normalized spacial score (nSPS) is 17.6. The van der Waals surface area contributed by atoms with Crippen LogP contribution in [0.2, 0.25) is 5.02 Å². The van der Waals surface area contributed by atoms with Crippen molar-refractivity contribution >= 4 is 23.2 Å². The fraction of sp³-hybridized carbons (Fsp3) is 0.417. The summed E-state index contributed by atoms with van der Waals surface area (Å²) in [6.45, 7) is 2.95. The molecule has 0 unspecified atom stereocenters. The molecule has 1 fully saturated rings. The third-order valence-electron chi connectivity index (χ3n) is 2.94. The number of hydrogen-bond donors (Lipinski definition) is 2. The molecule has 1 amide bonds. The third-order valence-corrected chi connectivity index (χ3v) is 3.30. The van der Waals surface area contributed by atoms with E-state index in [2.05, 4.69) is 10.2 Å². The van der Waals surface area contributed by atoms with Crippen molar-refractivity contribution in [3.05, 3.63) is 28.8 Å². The van der Waals surface area contributed by atoms with Gasteiger partial charge in [-0.3, -0.25) is 9.69 Å². The molecular weight excluding hydrogens is 238 g/mol. The van der Waals surface area contributed by atoms with Crippen LogP contribution in [-0.4, -0.2) is 30.4 Å². The molecule has 0 saturated carbocycles. The molecule has 1 aromatic rings. The second-order valence-corrected chi connectivity index (χ2v) is 4.59. The number of halogens is 1. The molecule has 0 bridgehead atoms. The van der Waals surface area contributed by atoms with Crippen LogP contribution in [0.5, 0.6) is 0 Å². The SMILES string of the molecule is Nc1cccc(Cl)c1CN1CCNC(=O)CC1. The Balaban J connectivity index is 2.07. The summed E-state index contributed by atoms with van der Waals surface area (Å²) in [6.07, 6.45) is 0.532. The molecule has 1 saturated heterocycles. The average molecular weight is 254 g/mol. The molecule has 1 aliphatic rings. The average Bonchev–Trinajstić information content (AvgIpc) is 2.49. The van der Waals surface area contributed by atoms with Gasteiger partial charge in [-0.2, -0.15) is 0 Å². The number of nitrogens with zero attached hydrogens (tertiary/aromatic N) is 1. The minimum atomic E-state index is 0.111. The molecule has 92 valence electrons. The number of amides is 1. The number of nitrogens with one attached hydrogen (secondary N) is 1. The minimum Gasteiger partial charge on any atom is -0.398 e. The van der Waals surface area contributed by atoms with E-state index in [1.807, 2.05) is 18.2 Å². The van der Waals surface area contributed by atoms with Crippen LogP contribution in [0.3, 0.4) is 0 Å². The fourth-order valence-corrected chi connectivity index (χ4v) is 2.18. The van der Waals surface area contributed by atoms with Crippen molar-refractivity contribution in [3.63, 3.8) is 0 Å². The first-order valence-electron chi connectivity index (χ1n) is 5.69. The lowest BCUT2D eigenvalue weighted by molar-refractivity contribution is -0.120. The molecule has 0 aromatic heterocycles. The number of nitrogen functional groups attached to an aromatic ring is 1. The Morgan fingerprint density at radius 3 is 3.00 bits per heavy atom. The van der Waals surface area contributed by atoms with E-state index in [0.29, 0.717) is 30.2 Å². The van der Waals surface area contributed by atoms with Crippen molar-refractivity contribution in [1.29, 1.82) is 0 Å². The Labute approximate surface area is 106 Å². The van der Waals surface area contributed by atoms with Crippen LogP contribution in [-0.2, 0) is 11.3 Å². The Morgan fingerprint density at radius 2 is 2.24 bits per heavy atom. The maximum Gasteiger partial charge on any atom is 0.221 e. The number of carbonyl (C=O) groups excluding carboxylic acids is 1. The van der Waals surface area contributed by atoms with Gasteiger partial charge >= 0.3 is 0 Å². The highest BCUT2D eigenvalue weighted by Crippen LogP contribution is 2.23.